The van der Waals surface area contributed by atoms with E-state index >= 15 is 0 Å². The molecule has 2 heteroatoms. The molecule has 0 spiro atoms. The van der Waals surface area contributed by atoms with Crippen LogP contribution in [0.25, 0.3) is 0 Å². The van der Waals surface area contributed by atoms with Crippen molar-refractivity contribution in [1.29, 1.82) is 0 Å². The maximum atomic E-state index is 6.16. The lowest BCUT2D eigenvalue weighted by Crippen LogP contribution is -2.19. The summed E-state index contributed by atoms with van der Waals surface area (Å²) < 4.78 is 5.65. The number of nitrogens with two attached hydrogens (primary N) is 1. The van der Waals surface area contributed by atoms with Crippen LogP contribution in [0.5, 0.6) is 5.75 Å². The first-order chi connectivity index (χ1) is 7.24. The third-order valence-electron chi connectivity index (χ3n) is 3.14. The van der Waals surface area contributed by atoms with Gasteiger partial charge in [-0.3, -0.25) is 0 Å². The quantitative estimate of drug-likeness (QED) is 0.805. The summed E-state index contributed by atoms with van der Waals surface area (Å²) >= 11 is 0. The summed E-state index contributed by atoms with van der Waals surface area (Å²) in [5, 5.41) is 0. The Morgan fingerprint density at radius 1 is 1.47 bits per heavy atom. The standard InChI is InChI=1S/C13H19NO/c1-3-15-12-8-7-9(2)13-10(12)5-4-6-11(13)14/h7-8,11H,3-6,14H2,1-2H3/t11-/m1/s1. The van der Waals surface area contributed by atoms with Crippen LogP contribution in [-0.2, 0) is 6.42 Å². The van der Waals surface area contributed by atoms with E-state index in [0.717, 1.165) is 25.2 Å². The van der Waals surface area contributed by atoms with Crippen molar-refractivity contribution in [2.45, 2.75) is 39.2 Å². The van der Waals surface area contributed by atoms with Crippen molar-refractivity contribution >= 4 is 0 Å². The molecule has 2 N–H and O–H groups in total. The molecule has 0 amide bonds. The van der Waals surface area contributed by atoms with Gasteiger partial charge in [-0.1, -0.05) is 6.07 Å². The smallest absolute Gasteiger partial charge is 0.122 e. The first-order valence-corrected chi connectivity index (χ1v) is 5.74. The highest BCUT2D eigenvalue weighted by atomic mass is 16.5. The van der Waals surface area contributed by atoms with E-state index in [1.807, 2.05) is 6.92 Å². The summed E-state index contributed by atoms with van der Waals surface area (Å²) in [6.07, 6.45) is 3.39. The monoisotopic (exact) mass is 205 g/mol. The van der Waals surface area contributed by atoms with E-state index in [1.54, 1.807) is 0 Å². The minimum Gasteiger partial charge on any atom is -0.494 e. The van der Waals surface area contributed by atoms with Gasteiger partial charge in [-0.2, -0.15) is 0 Å². The largest absolute Gasteiger partial charge is 0.494 e. The molecule has 2 nitrogen and oxygen atoms in total. The molecule has 1 aliphatic carbocycles. The van der Waals surface area contributed by atoms with Crippen molar-refractivity contribution in [2.24, 2.45) is 5.73 Å². The van der Waals surface area contributed by atoms with Gasteiger partial charge in [0.1, 0.15) is 5.75 Å². The molecular formula is C13H19NO. The summed E-state index contributed by atoms with van der Waals surface area (Å²) in [4.78, 5) is 0. The fourth-order valence-corrected chi connectivity index (χ4v) is 2.47. The van der Waals surface area contributed by atoms with Crippen molar-refractivity contribution in [2.75, 3.05) is 6.61 Å². The van der Waals surface area contributed by atoms with Crippen LogP contribution in [0.3, 0.4) is 0 Å². The van der Waals surface area contributed by atoms with Gasteiger partial charge in [0.2, 0.25) is 0 Å². The van der Waals surface area contributed by atoms with Crippen molar-refractivity contribution in [3.63, 3.8) is 0 Å². The Morgan fingerprint density at radius 3 is 3.00 bits per heavy atom. The van der Waals surface area contributed by atoms with Gasteiger partial charge < -0.3 is 10.5 Å². The Kier molecular flexibility index (Phi) is 2.96. The SMILES string of the molecule is CCOc1ccc(C)c2c1CCC[C@H]2N. The van der Waals surface area contributed by atoms with Crippen molar-refractivity contribution in [1.82, 2.24) is 0 Å². The van der Waals surface area contributed by atoms with Gasteiger partial charge in [0.15, 0.2) is 0 Å². The van der Waals surface area contributed by atoms with Gasteiger partial charge in [0.25, 0.3) is 0 Å². The first kappa shape index (κ1) is 10.5. The normalized spacial score (nSPS) is 19.8. The number of fused-ring (bicyclic) bond motifs is 1. The summed E-state index contributed by atoms with van der Waals surface area (Å²) in [6, 6.07) is 4.40. The second-order valence-corrected chi connectivity index (χ2v) is 4.20. The van der Waals surface area contributed by atoms with Crippen LogP contribution >= 0.6 is 0 Å². The van der Waals surface area contributed by atoms with E-state index in [0.29, 0.717) is 0 Å². The topological polar surface area (TPSA) is 35.2 Å². The van der Waals surface area contributed by atoms with Crippen molar-refractivity contribution < 1.29 is 4.74 Å². The predicted molar refractivity (Wildman–Crippen MR) is 62.2 cm³/mol. The molecule has 2 rings (SSSR count). The summed E-state index contributed by atoms with van der Waals surface area (Å²) in [6.45, 7) is 4.89. The molecule has 0 saturated heterocycles. The van der Waals surface area contributed by atoms with Crippen LogP contribution in [-0.4, -0.2) is 6.61 Å². The van der Waals surface area contributed by atoms with E-state index in [2.05, 4.69) is 19.1 Å². The molecule has 0 saturated carbocycles. The van der Waals surface area contributed by atoms with Gasteiger partial charge >= 0.3 is 0 Å². The zero-order chi connectivity index (χ0) is 10.8. The highest BCUT2D eigenvalue weighted by Crippen LogP contribution is 2.36. The van der Waals surface area contributed by atoms with Gasteiger partial charge in [-0.05, 0) is 55.9 Å². The molecule has 0 unspecified atom stereocenters. The van der Waals surface area contributed by atoms with Crippen LogP contribution in [0.1, 0.15) is 42.5 Å². The maximum absolute atomic E-state index is 6.16. The maximum Gasteiger partial charge on any atom is 0.122 e. The fourth-order valence-electron chi connectivity index (χ4n) is 2.47. The Balaban J connectivity index is 2.48. The molecule has 0 radical (unpaired) electrons. The molecule has 0 aromatic heterocycles. The van der Waals surface area contributed by atoms with Gasteiger partial charge in [0, 0.05) is 6.04 Å². The number of ether oxygens (including phenoxy) is 1. The third kappa shape index (κ3) is 1.86. The van der Waals surface area contributed by atoms with Gasteiger partial charge in [0.05, 0.1) is 6.61 Å². The lowest BCUT2D eigenvalue weighted by atomic mass is 9.85. The van der Waals surface area contributed by atoms with Crippen molar-refractivity contribution in [3.05, 3.63) is 28.8 Å². The summed E-state index contributed by atoms with van der Waals surface area (Å²) in [7, 11) is 0. The van der Waals surface area contributed by atoms with Crippen LogP contribution < -0.4 is 10.5 Å². The second kappa shape index (κ2) is 4.23. The summed E-state index contributed by atoms with van der Waals surface area (Å²) in [5.74, 6) is 1.04. The molecule has 15 heavy (non-hydrogen) atoms. The highest BCUT2D eigenvalue weighted by molar-refractivity contribution is 5.47. The van der Waals surface area contributed by atoms with E-state index in [9.17, 15) is 0 Å². The molecule has 1 aromatic carbocycles. The van der Waals surface area contributed by atoms with Crippen molar-refractivity contribution in [3.8, 4) is 5.75 Å². The molecule has 0 fully saturated rings. The average molecular weight is 205 g/mol. The zero-order valence-corrected chi connectivity index (χ0v) is 9.55. The number of rotatable bonds is 2. The average Bonchev–Trinajstić information content (AvgIpc) is 2.22. The Hall–Kier alpha value is -1.02. The minimum absolute atomic E-state index is 0.203. The van der Waals surface area contributed by atoms with E-state index in [-0.39, 0.29) is 6.04 Å². The fraction of sp³-hybridized carbons (Fsp3) is 0.538. The molecule has 0 bridgehead atoms. The Labute approximate surface area is 91.4 Å². The second-order valence-electron chi connectivity index (χ2n) is 4.20. The zero-order valence-electron chi connectivity index (χ0n) is 9.55. The van der Waals surface area contributed by atoms with E-state index in [1.165, 1.54) is 23.1 Å². The van der Waals surface area contributed by atoms with Crippen LogP contribution in [0.15, 0.2) is 12.1 Å². The molecular weight excluding hydrogens is 186 g/mol. The summed E-state index contributed by atoms with van der Waals surface area (Å²) in [5.41, 5.74) is 10.1. The molecule has 82 valence electrons. The molecule has 1 aromatic rings. The van der Waals surface area contributed by atoms with E-state index < -0.39 is 0 Å². The lowest BCUT2D eigenvalue weighted by Gasteiger charge is -2.26. The number of hydrogen-bond donors (Lipinski definition) is 1. The number of benzene rings is 1. The number of hydrogen-bond acceptors (Lipinski definition) is 2. The number of aryl methyl sites for hydroxylation is 1. The van der Waals surface area contributed by atoms with Crippen LogP contribution in [0, 0.1) is 6.92 Å². The third-order valence-corrected chi connectivity index (χ3v) is 3.14. The molecule has 0 aliphatic heterocycles. The predicted octanol–water partition coefficient (Wildman–Crippen LogP) is 2.73. The minimum atomic E-state index is 0.203. The Morgan fingerprint density at radius 2 is 2.27 bits per heavy atom. The highest BCUT2D eigenvalue weighted by Gasteiger charge is 2.21. The first-order valence-electron chi connectivity index (χ1n) is 5.74. The van der Waals surface area contributed by atoms with Gasteiger partial charge in [-0.15, -0.1) is 0 Å². The van der Waals surface area contributed by atoms with E-state index in [4.69, 9.17) is 10.5 Å². The Bertz CT molecular complexity index is 360. The molecule has 0 heterocycles. The molecule has 1 atom stereocenters. The molecule has 1 aliphatic rings. The van der Waals surface area contributed by atoms with Crippen LogP contribution in [0.2, 0.25) is 0 Å². The lowest BCUT2D eigenvalue weighted by molar-refractivity contribution is 0.333. The van der Waals surface area contributed by atoms with Crippen LogP contribution in [0.4, 0.5) is 0 Å². The van der Waals surface area contributed by atoms with Gasteiger partial charge in [-0.25, -0.2) is 0 Å².